The number of hydrogen-bond acceptors (Lipinski definition) is 3. The number of hydrogen-bond donors (Lipinski definition) is 1. The van der Waals surface area contributed by atoms with Crippen molar-refractivity contribution < 1.29 is 14.6 Å². The van der Waals surface area contributed by atoms with Gasteiger partial charge in [-0.2, -0.15) is 0 Å². The number of aliphatic hydroxyl groups is 1. The summed E-state index contributed by atoms with van der Waals surface area (Å²) in [4.78, 5) is 11.4. The molecule has 0 aromatic heterocycles. The minimum atomic E-state index is -0.899. The Morgan fingerprint density at radius 2 is 2.00 bits per heavy atom. The van der Waals surface area contributed by atoms with E-state index in [0.717, 1.165) is 0 Å². The van der Waals surface area contributed by atoms with Gasteiger partial charge in [0.1, 0.15) is 12.4 Å². The first-order valence-corrected chi connectivity index (χ1v) is 5.79. The number of benzene rings is 1. The summed E-state index contributed by atoms with van der Waals surface area (Å²) < 4.78 is 5.55. The number of carbonyl (C=O) groups is 1. The molecule has 1 unspecified atom stereocenters. The predicted octanol–water partition coefficient (Wildman–Crippen LogP) is 2.68. The van der Waals surface area contributed by atoms with Crippen molar-refractivity contribution in [3.05, 3.63) is 29.8 Å². The highest BCUT2D eigenvalue weighted by Crippen LogP contribution is 2.22. The van der Waals surface area contributed by atoms with Crippen LogP contribution in [0.15, 0.2) is 24.3 Å². The van der Waals surface area contributed by atoms with Gasteiger partial charge in [-0.1, -0.05) is 26.0 Å². The second-order valence-corrected chi connectivity index (χ2v) is 4.85. The van der Waals surface area contributed by atoms with Gasteiger partial charge in [0.2, 0.25) is 0 Å². The van der Waals surface area contributed by atoms with E-state index in [-0.39, 0.29) is 18.3 Å². The molecule has 3 heteroatoms. The Hall–Kier alpha value is -1.35. The SMILES string of the molecule is CC(=O)c1ccccc1OCC(C)(O)C(C)C. The third-order valence-electron chi connectivity index (χ3n) is 3.03. The molecule has 94 valence electrons. The van der Waals surface area contributed by atoms with Crippen molar-refractivity contribution in [2.75, 3.05) is 6.61 Å². The fourth-order valence-corrected chi connectivity index (χ4v) is 1.27. The summed E-state index contributed by atoms with van der Waals surface area (Å²) in [6.07, 6.45) is 0. The fraction of sp³-hybridized carbons (Fsp3) is 0.500. The first kappa shape index (κ1) is 13.7. The molecule has 1 aromatic carbocycles. The molecule has 0 aliphatic rings. The minimum absolute atomic E-state index is 0.0372. The monoisotopic (exact) mass is 236 g/mol. The lowest BCUT2D eigenvalue weighted by Gasteiger charge is -2.27. The van der Waals surface area contributed by atoms with E-state index in [1.54, 1.807) is 25.1 Å². The van der Waals surface area contributed by atoms with Gasteiger partial charge >= 0.3 is 0 Å². The van der Waals surface area contributed by atoms with Crippen LogP contribution in [0.25, 0.3) is 0 Å². The van der Waals surface area contributed by atoms with Crippen molar-refractivity contribution in [3.8, 4) is 5.75 Å². The highest BCUT2D eigenvalue weighted by Gasteiger charge is 2.26. The number of ketones is 1. The van der Waals surface area contributed by atoms with Crippen molar-refractivity contribution >= 4 is 5.78 Å². The van der Waals surface area contributed by atoms with Gasteiger partial charge in [-0.15, -0.1) is 0 Å². The summed E-state index contributed by atoms with van der Waals surface area (Å²) in [5.74, 6) is 0.581. The molecule has 1 atom stereocenters. The first-order chi connectivity index (χ1) is 7.84. The van der Waals surface area contributed by atoms with Crippen molar-refractivity contribution in [1.29, 1.82) is 0 Å². The van der Waals surface area contributed by atoms with Gasteiger partial charge in [0.05, 0.1) is 11.2 Å². The molecule has 1 N–H and O–H groups in total. The van der Waals surface area contributed by atoms with Gasteiger partial charge in [0.15, 0.2) is 5.78 Å². The third-order valence-corrected chi connectivity index (χ3v) is 3.03. The zero-order valence-corrected chi connectivity index (χ0v) is 10.9. The zero-order valence-electron chi connectivity index (χ0n) is 10.9. The Kier molecular flexibility index (Phi) is 4.29. The molecule has 0 aliphatic heterocycles. The summed E-state index contributed by atoms with van der Waals surface area (Å²) in [6, 6.07) is 7.07. The van der Waals surface area contributed by atoms with Gasteiger partial charge in [-0.3, -0.25) is 4.79 Å². The van der Waals surface area contributed by atoms with Crippen LogP contribution in [0.4, 0.5) is 0 Å². The summed E-state index contributed by atoms with van der Waals surface area (Å²) in [7, 11) is 0. The molecule has 3 nitrogen and oxygen atoms in total. The van der Waals surface area contributed by atoms with E-state index in [0.29, 0.717) is 11.3 Å². The van der Waals surface area contributed by atoms with Crippen LogP contribution in [0.5, 0.6) is 5.75 Å². The molecule has 1 aromatic rings. The van der Waals surface area contributed by atoms with Crippen LogP contribution < -0.4 is 4.74 Å². The van der Waals surface area contributed by atoms with Gasteiger partial charge in [-0.25, -0.2) is 0 Å². The molecule has 0 radical (unpaired) electrons. The Bertz CT molecular complexity index is 394. The minimum Gasteiger partial charge on any atom is -0.490 e. The molecule has 0 amide bonds. The van der Waals surface area contributed by atoms with Gasteiger partial charge < -0.3 is 9.84 Å². The van der Waals surface area contributed by atoms with Crippen molar-refractivity contribution in [3.63, 3.8) is 0 Å². The molecule has 1 rings (SSSR count). The Morgan fingerprint density at radius 1 is 1.41 bits per heavy atom. The molecular weight excluding hydrogens is 216 g/mol. The van der Waals surface area contributed by atoms with Crippen LogP contribution in [0.1, 0.15) is 38.1 Å². The van der Waals surface area contributed by atoms with Gasteiger partial charge in [-0.05, 0) is 31.9 Å². The Labute approximate surface area is 102 Å². The van der Waals surface area contributed by atoms with Crippen molar-refractivity contribution in [2.45, 2.75) is 33.3 Å². The lowest BCUT2D eigenvalue weighted by molar-refractivity contribution is -0.0268. The average molecular weight is 236 g/mol. The van der Waals surface area contributed by atoms with Gasteiger partial charge in [0, 0.05) is 0 Å². The van der Waals surface area contributed by atoms with Crippen molar-refractivity contribution in [1.82, 2.24) is 0 Å². The van der Waals surface area contributed by atoms with Crippen LogP contribution in [0.2, 0.25) is 0 Å². The maximum absolute atomic E-state index is 11.4. The van der Waals surface area contributed by atoms with Crippen molar-refractivity contribution in [2.24, 2.45) is 5.92 Å². The quantitative estimate of drug-likeness (QED) is 0.799. The molecule has 17 heavy (non-hydrogen) atoms. The van der Waals surface area contributed by atoms with Crippen LogP contribution in [0.3, 0.4) is 0 Å². The molecule has 0 saturated heterocycles. The number of ether oxygens (including phenoxy) is 1. The molecule has 0 saturated carbocycles. The van der Waals surface area contributed by atoms with Crippen LogP contribution in [-0.2, 0) is 0 Å². The highest BCUT2D eigenvalue weighted by molar-refractivity contribution is 5.96. The largest absolute Gasteiger partial charge is 0.490 e. The average Bonchev–Trinajstić information content (AvgIpc) is 2.26. The van der Waals surface area contributed by atoms with Crippen LogP contribution in [0, 0.1) is 5.92 Å². The summed E-state index contributed by atoms with van der Waals surface area (Å²) in [6.45, 7) is 7.27. The summed E-state index contributed by atoms with van der Waals surface area (Å²) in [5.41, 5.74) is -0.351. The lowest BCUT2D eigenvalue weighted by Crippen LogP contribution is -2.38. The Morgan fingerprint density at radius 3 is 2.53 bits per heavy atom. The molecular formula is C14H20O3. The standard InChI is InChI=1S/C14H20O3/c1-10(2)14(4,16)9-17-13-8-6-5-7-12(13)11(3)15/h5-8,10,16H,9H2,1-4H3. The van der Waals surface area contributed by atoms with Crippen LogP contribution in [-0.4, -0.2) is 23.1 Å². The maximum Gasteiger partial charge on any atom is 0.163 e. The number of carbonyl (C=O) groups excluding carboxylic acids is 1. The molecule has 0 aliphatic carbocycles. The number of para-hydroxylation sites is 1. The van der Waals surface area contributed by atoms with E-state index >= 15 is 0 Å². The highest BCUT2D eigenvalue weighted by atomic mass is 16.5. The van der Waals surface area contributed by atoms with E-state index in [2.05, 4.69) is 0 Å². The van der Waals surface area contributed by atoms with E-state index in [1.807, 2.05) is 19.9 Å². The van der Waals surface area contributed by atoms with Crippen LogP contribution >= 0.6 is 0 Å². The normalized spacial score (nSPS) is 14.5. The zero-order chi connectivity index (χ0) is 13.1. The third kappa shape index (κ3) is 3.56. The maximum atomic E-state index is 11.4. The second kappa shape index (κ2) is 5.32. The van der Waals surface area contributed by atoms with Gasteiger partial charge in [0.25, 0.3) is 0 Å². The van der Waals surface area contributed by atoms with E-state index < -0.39 is 5.60 Å². The Balaban J connectivity index is 2.79. The molecule has 0 spiro atoms. The van der Waals surface area contributed by atoms with E-state index in [1.165, 1.54) is 6.92 Å². The predicted molar refractivity (Wildman–Crippen MR) is 67.4 cm³/mol. The topological polar surface area (TPSA) is 46.5 Å². The lowest BCUT2D eigenvalue weighted by atomic mass is 9.94. The molecule has 0 heterocycles. The summed E-state index contributed by atoms with van der Waals surface area (Å²) in [5, 5.41) is 10.1. The van der Waals surface area contributed by atoms with E-state index in [9.17, 15) is 9.90 Å². The fourth-order valence-electron chi connectivity index (χ4n) is 1.27. The summed E-state index contributed by atoms with van der Waals surface area (Å²) >= 11 is 0. The molecule has 0 bridgehead atoms. The number of rotatable bonds is 5. The molecule has 0 fully saturated rings. The first-order valence-electron chi connectivity index (χ1n) is 5.79. The van der Waals surface area contributed by atoms with E-state index in [4.69, 9.17) is 4.74 Å². The second-order valence-electron chi connectivity index (χ2n) is 4.85. The smallest absolute Gasteiger partial charge is 0.163 e. The number of Topliss-reactive ketones (excluding diaryl/α,β-unsaturated/α-hetero) is 1.